The topological polar surface area (TPSA) is 47.6 Å². The molecule has 0 saturated carbocycles. The number of nitrogens with two attached hydrogens (primary N) is 1. The van der Waals surface area contributed by atoms with Crippen LogP contribution >= 0.6 is 15.9 Å². The van der Waals surface area contributed by atoms with E-state index < -0.39 is 0 Å². The fraction of sp³-hybridized carbons (Fsp3) is 0.364. The standard InChI is InChI=1S/C11H13BrN2O/c1-2-11(7-15-10(13)14-11)8-4-3-5-9(12)6-8/h3-6H,2,7H2,1H3,(H2,13,14). The Hall–Kier alpha value is -1.03. The molecule has 0 saturated heterocycles. The van der Waals surface area contributed by atoms with E-state index in [-0.39, 0.29) is 11.6 Å². The summed E-state index contributed by atoms with van der Waals surface area (Å²) in [6, 6.07) is 8.41. The maximum absolute atomic E-state index is 5.58. The summed E-state index contributed by atoms with van der Waals surface area (Å²) in [7, 11) is 0. The highest BCUT2D eigenvalue weighted by Crippen LogP contribution is 2.34. The number of rotatable bonds is 2. The van der Waals surface area contributed by atoms with Crippen LogP contribution < -0.4 is 5.73 Å². The average Bonchev–Trinajstić information content (AvgIpc) is 2.61. The Morgan fingerprint density at radius 2 is 2.40 bits per heavy atom. The Bertz CT molecular complexity index is 405. The first-order valence-electron chi connectivity index (χ1n) is 4.90. The van der Waals surface area contributed by atoms with Crippen LogP contribution in [-0.2, 0) is 10.3 Å². The number of nitrogens with zero attached hydrogens (tertiary/aromatic N) is 1. The summed E-state index contributed by atoms with van der Waals surface area (Å²) in [5, 5.41) is 0. The largest absolute Gasteiger partial charge is 0.462 e. The highest BCUT2D eigenvalue weighted by Gasteiger charge is 2.36. The number of halogens is 1. The van der Waals surface area contributed by atoms with Gasteiger partial charge in [-0.05, 0) is 24.1 Å². The van der Waals surface area contributed by atoms with E-state index in [4.69, 9.17) is 10.5 Å². The summed E-state index contributed by atoms with van der Waals surface area (Å²) in [6.45, 7) is 2.62. The fourth-order valence-electron chi connectivity index (χ4n) is 1.78. The zero-order valence-corrected chi connectivity index (χ0v) is 10.1. The Kier molecular flexibility index (Phi) is 2.69. The van der Waals surface area contributed by atoms with Crippen LogP contribution in [0.5, 0.6) is 0 Å². The molecule has 3 nitrogen and oxygen atoms in total. The molecule has 1 aromatic rings. The number of benzene rings is 1. The van der Waals surface area contributed by atoms with Crippen molar-refractivity contribution < 1.29 is 4.74 Å². The second-order valence-corrected chi connectivity index (χ2v) is 4.55. The molecule has 1 atom stereocenters. The van der Waals surface area contributed by atoms with E-state index in [0.29, 0.717) is 6.61 Å². The molecule has 1 heterocycles. The van der Waals surface area contributed by atoms with Crippen molar-refractivity contribution >= 4 is 22.0 Å². The SMILES string of the molecule is CCC1(c2cccc(Br)c2)COC(N)=N1. The van der Waals surface area contributed by atoms with Crippen LogP contribution in [0.25, 0.3) is 0 Å². The second-order valence-electron chi connectivity index (χ2n) is 3.63. The minimum Gasteiger partial charge on any atom is -0.462 e. The number of hydrogen-bond donors (Lipinski definition) is 1. The maximum atomic E-state index is 5.58. The van der Waals surface area contributed by atoms with Crippen molar-refractivity contribution in [3.8, 4) is 0 Å². The molecule has 0 aliphatic carbocycles. The molecule has 1 aromatic carbocycles. The van der Waals surface area contributed by atoms with Gasteiger partial charge in [-0.25, -0.2) is 4.99 Å². The lowest BCUT2D eigenvalue weighted by Crippen LogP contribution is -2.24. The summed E-state index contributed by atoms with van der Waals surface area (Å²) in [5.74, 6) is 0. The number of hydrogen-bond acceptors (Lipinski definition) is 3. The quantitative estimate of drug-likeness (QED) is 0.896. The molecule has 80 valence electrons. The lowest BCUT2D eigenvalue weighted by atomic mass is 9.89. The van der Waals surface area contributed by atoms with Gasteiger partial charge in [-0.2, -0.15) is 0 Å². The van der Waals surface area contributed by atoms with Gasteiger partial charge in [-0.1, -0.05) is 35.0 Å². The van der Waals surface area contributed by atoms with Gasteiger partial charge >= 0.3 is 0 Å². The summed E-state index contributed by atoms with van der Waals surface area (Å²) in [5.41, 5.74) is 6.42. The van der Waals surface area contributed by atoms with Crippen molar-refractivity contribution in [3.05, 3.63) is 34.3 Å². The molecular formula is C11H13BrN2O. The first kappa shape index (κ1) is 10.5. The monoisotopic (exact) mass is 268 g/mol. The molecule has 4 heteroatoms. The van der Waals surface area contributed by atoms with Crippen molar-refractivity contribution in [1.82, 2.24) is 0 Å². The molecule has 2 rings (SSSR count). The van der Waals surface area contributed by atoms with Gasteiger partial charge in [0.2, 0.25) is 0 Å². The molecule has 1 aliphatic heterocycles. The minimum absolute atomic E-state index is 0.289. The molecule has 2 N–H and O–H groups in total. The normalized spacial score (nSPS) is 24.8. The van der Waals surface area contributed by atoms with Gasteiger partial charge in [-0.15, -0.1) is 0 Å². The van der Waals surface area contributed by atoms with E-state index in [2.05, 4.69) is 40.0 Å². The predicted octanol–water partition coefficient (Wildman–Crippen LogP) is 2.40. The molecule has 1 unspecified atom stereocenters. The molecule has 1 aliphatic rings. The van der Waals surface area contributed by atoms with Crippen molar-refractivity contribution in [2.24, 2.45) is 10.7 Å². The zero-order valence-electron chi connectivity index (χ0n) is 8.53. The van der Waals surface area contributed by atoms with Gasteiger partial charge in [0, 0.05) is 4.47 Å². The predicted molar refractivity (Wildman–Crippen MR) is 63.7 cm³/mol. The maximum Gasteiger partial charge on any atom is 0.283 e. The number of aliphatic imine (C=N–C) groups is 1. The first-order valence-corrected chi connectivity index (χ1v) is 5.70. The van der Waals surface area contributed by atoms with Gasteiger partial charge in [0.25, 0.3) is 6.02 Å². The van der Waals surface area contributed by atoms with Crippen LogP contribution in [0, 0.1) is 0 Å². The first-order chi connectivity index (χ1) is 7.16. The summed E-state index contributed by atoms with van der Waals surface area (Å²) in [4.78, 5) is 4.40. The van der Waals surface area contributed by atoms with Crippen molar-refractivity contribution in [3.63, 3.8) is 0 Å². The van der Waals surface area contributed by atoms with E-state index in [1.54, 1.807) is 0 Å². The van der Waals surface area contributed by atoms with E-state index in [1.807, 2.05) is 12.1 Å². The van der Waals surface area contributed by atoms with Crippen LogP contribution in [0.1, 0.15) is 18.9 Å². The summed E-state index contributed by atoms with van der Waals surface area (Å²) in [6.07, 6.45) is 0.879. The molecule has 0 amide bonds. The summed E-state index contributed by atoms with van der Waals surface area (Å²) < 4.78 is 6.32. The smallest absolute Gasteiger partial charge is 0.283 e. The zero-order chi connectivity index (χ0) is 10.9. The third-order valence-corrected chi connectivity index (χ3v) is 3.22. The molecule has 0 fully saturated rings. The molecule has 15 heavy (non-hydrogen) atoms. The van der Waals surface area contributed by atoms with Crippen LogP contribution in [0.15, 0.2) is 33.7 Å². The summed E-state index contributed by atoms with van der Waals surface area (Å²) >= 11 is 3.46. The Balaban J connectivity index is 2.43. The highest BCUT2D eigenvalue weighted by atomic mass is 79.9. The second kappa shape index (κ2) is 3.85. The van der Waals surface area contributed by atoms with Gasteiger partial charge in [0.1, 0.15) is 12.1 Å². The molecule has 0 aromatic heterocycles. The molecule has 0 radical (unpaired) electrons. The van der Waals surface area contributed by atoms with Crippen LogP contribution in [0.4, 0.5) is 0 Å². The van der Waals surface area contributed by atoms with Crippen molar-refractivity contribution in [2.45, 2.75) is 18.9 Å². The van der Waals surface area contributed by atoms with Gasteiger partial charge < -0.3 is 10.5 Å². The van der Waals surface area contributed by atoms with Crippen molar-refractivity contribution in [2.75, 3.05) is 6.61 Å². The lowest BCUT2D eigenvalue weighted by Gasteiger charge is -2.22. The van der Waals surface area contributed by atoms with E-state index in [9.17, 15) is 0 Å². The molecular weight excluding hydrogens is 256 g/mol. The third-order valence-electron chi connectivity index (χ3n) is 2.73. The van der Waals surface area contributed by atoms with Crippen LogP contribution in [-0.4, -0.2) is 12.6 Å². The Labute approximate surface area is 97.5 Å². The van der Waals surface area contributed by atoms with Crippen LogP contribution in [0.3, 0.4) is 0 Å². The van der Waals surface area contributed by atoms with Gasteiger partial charge in [0.05, 0.1) is 0 Å². The Morgan fingerprint density at radius 1 is 1.60 bits per heavy atom. The highest BCUT2D eigenvalue weighted by molar-refractivity contribution is 9.10. The van der Waals surface area contributed by atoms with Crippen molar-refractivity contribution in [1.29, 1.82) is 0 Å². The van der Waals surface area contributed by atoms with E-state index in [1.165, 1.54) is 0 Å². The molecule has 0 spiro atoms. The third kappa shape index (κ3) is 1.86. The number of amidine groups is 1. The van der Waals surface area contributed by atoms with Crippen LogP contribution in [0.2, 0.25) is 0 Å². The van der Waals surface area contributed by atoms with Gasteiger partial charge in [0.15, 0.2) is 0 Å². The van der Waals surface area contributed by atoms with E-state index in [0.717, 1.165) is 16.5 Å². The van der Waals surface area contributed by atoms with E-state index >= 15 is 0 Å². The molecule has 0 bridgehead atoms. The minimum atomic E-state index is -0.298. The lowest BCUT2D eigenvalue weighted by molar-refractivity contribution is 0.248. The van der Waals surface area contributed by atoms with Gasteiger partial charge in [-0.3, -0.25) is 0 Å². The Morgan fingerprint density at radius 3 is 2.93 bits per heavy atom. The fourth-order valence-corrected chi connectivity index (χ4v) is 2.18. The average molecular weight is 269 g/mol. The number of ether oxygens (including phenoxy) is 1.